The first-order valence-corrected chi connectivity index (χ1v) is 12.4. The van der Waals surface area contributed by atoms with E-state index in [4.69, 9.17) is 4.74 Å². The number of carbonyl (C=O) groups excluding carboxylic acids is 1. The molecule has 6 aliphatic rings. The molecular formula is C27H37NO2. The number of piperidine rings is 1. The van der Waals surface area contributed by atoms with Crippen molar-refractivity contribution < 1.29 is 9.53 Å². The zero-order valence-electron chi connectivity index (χ0n) is 18.5. The predicted octanol–water partition coefficient (Wildman–Crippen LogP) is 4.89. The fraction of sp³-hybridized carbons (Fsp3) is 0.741. The summed E-state index contributed by atoms with van der Waals surface area (Å²) in [5.41, 5.74) is 1.76. The Kier molecular flexibility index (Phi) is 4.49. The van der Waals surface area contributed by atoms with E-state index in [0.717, 1.165) is 44.8 Å². The van der Waals surface area contributed by atoms with Crippen LogP contribution in [0.2, 0.25) is 0 Å². The van der Waals surface area contributed by atoms with E-state index in [0.29, 0.717) is 23.7 Å². The van der Waals surface area contributed by atoms with Gasteiger partial charge in [0.2, 0.25) is 0 Å². The van der Waals surface area contributed by atoms with Gasteiger partial charge in [-0.25, -0.2) is 0 Å². The normalized spacial score (nSPS) is 45.9. The number of hydrogen-bond acceptors (Lipinski definition) is 3. The number of benzene rings is 1. The topological polar surface area (TPSA) is 38.3 Å². The van der Waals surface area contributed by atoms with Crippen LogP contribution in [0.1, 0.15) is 70.3 Å². The molecule has 1 N–H and O–H groups in total. The molecule has 1 aromatic carbocycles. The molecule has 3 heteroatoms. The quantitative estimate of drug-likeness (QED) is 0.699. The van der Waals surface area contributed by atoms with Crippen molar-refractivity contribution in [2.45, 2.75) is 76.2 Å². The second-order valence-corrected chi connectivity index (χ2v) is 11.8. The fourth-order valence-corrected chi connectivity index (χ4v) is 9.20. The second-order valence-electron chi connectivity index (χ2n) is 11.8. The molecule has 0 spiro atoms. The molecule has 0 aromatic heterocycles. The Morgan fingerprint density at radius 3 is 2.67 bits per heavy atom. The lowest BCUT2D eigenvalue weighted by atomic mass is 9.37. The highest BCUT2D eigenvalue weighted by Gasteiger charge is 2.65. The first-order valence-electron chi connectivity index (χ1n) is 12.4. The van der Waals surface area contributed by atoms with Gasteiger partial charge in [0.15, 0.2) is 0 Å². The summed E-state index contributed by atoms with van der Waals surface area (Å²) in [6.07, 6.45) is 10.5. The van der Waals surface area contributed by atoms with E-state index in [9.17, 15) is 4.79 Å². The molecule has 30 heavy (non-hydrogen) atoms. The zero-order valence-corrected chi connectivity index (χ0v) is 18.5. The van der Waals surface area contributed by atoms with Crippen molar-refractivity contribution in [1.29, 1.82) is 0 Å². The molecule has 6 bridgehead atoms. The maximum atomic E-state index is 14.0. The number of Topliss-reactive ketones (excluding diaryl/α,β-unsaturated/α-hetero) is 1. The number of rotatable bonds is 7. The lowest BCUT2D eigenvalue weighted by molar-refractivity contribution is -0.171. The molecule has 1 aromatic rings. The molecule has 0 radical (unpaired) electrons. The van der Waals surface area contributed by atoms with Gasteiger partial charge in [-0.1, -0.05) is 30.3 Å². The van der Waals surface area contributed by atoms with Gasteiger partial charge in [0.1, 0.15) is 5.78 Å². The lowest BCUT2D eigenvalue weighted by Gasteiger charge is -2.66. The van der Waals surface area contributed by atoms with Crippen LogP contribution in [0.4, 0.5) is 0 Å². The first kappa shape index (κ1) is 19.5. The summed E-state index contributed by atoms with van der Waals surface area (Å²) in [4.78, 5) is 14.0. The minimum atomic E-state index is -0.103. The average molecular weight is 408 g/mol. The monoisotopic (exact) mass is 407 g/mol. The van der Waals surface area contributed by atoms with E-state index in [1.807, 2.05) is 0 Å². The SMILES string of the molecule is CCOC[C@]12CC3CC(C(=O)CC4CC5CNC4C5)(C1)C[C@@](c1ccccc1)(C3)C2. The number of hydrogen-bond donors (Lipinski definition) is 1. The summed E-state index contributed by atoms with van der Waals surface area (Å²) in [6, 6.07) is 11.8. The third-order valence-corrected chi connectivity index (χ3v) is 9.68. The molecule has 7 atom stereocenters. The van der Waals surface area contributed by atoms with Gasteiger partial charge in [-0.05, 0) is 99.0 Å². The summed E-state index contributed by atoms with van der Waals surface area (Å²) < 4.78 is 6.08. The van der Waals surface area contributed by atoms with Gasteiger partial charge in [-0.15, -0.1) is 0 Å². The molecule has 5 unspecified atom stereocenters. The summed E-state index contributed by atoms with van der Waals surface area (Å²) in [7, 11) is 0. The maximum Gasteiger partial charge on any atom is 0.139 e. The molecule has 5 aliphatic carbocycles. The van der Waals surface area contributed by atoms with Gasteiger partial charge < -0.3 is 10.1 Å². The number of ketones is 1. The summed E-state index contributed by atoms with van der Waals surface area (Å²) >= 11 is 0. The van der Waals surface area contributed by atoms with E-state index in [2.05, 4.69) is 42.6 Å². The van der Waals surface area contributed by atoms with E-state index in [-0.39, 0.29) is 16.2 Å². The van der Waals surface area contributed by atoms with Crippen LogP contribution in [0, 0.1) is 28.6 Å². The Morgan fingerprint density at radius 2 is 1.93 bits per heavy atom. The molecule has 6 fully saturated rings. The van der Waals surface area contributed by atoms with Gasteiger partial charge in [-0.2, -0.15) is 0 Å². The largest absolute Gasteiger partial charge is 0.381 e. The van der Waals surface area contributed by atoms with E-state index in [1.165, 1.54) is 44.2 Å². The van der Waals surface area contributed by atoms with Crippen molar-refractivity contribution in [1.82, 2.24) is 5.32 Å². The van der Waals surface area contributed by atoms with E-state index in [1.54, 1.807) is 0 Å². The molecule has 1 heterocycles. The van der Waals surface area contributed by atoms with Gasteiger partial charge in [0.05, 0.1) is 6.61 Å². The highest BCUT2D eigenvalue weighted by Crippen LogP contribution is 2.70. The fourth-order valence-electron chi connectivity index (χ4n) is 9.20. The van der Waals surface area contributed by atoms with Crippen LogP contribution >= 0.6 is 0 Å². The van der Waals surface area contributed by atoms with Crippen molar-refractivity contribution in [3.8, 4) is 0 Å². The van der Waals surface area contributed by atoms with Crippen LogP contribution in [0.15, 0.2) is 30.3 Å². The van der Waals surface area contributed by atoms with Crippen LogP contribution < -0.4 is 5.32 Å². The standard InChI is InChI=1S/C27H37NO2/c1-2-30-18-25-11-20-12-26(15-25,22-6-4-3-5-7-22)17-27(13-20,16-25)24(29)10-21-8-19-9-23(21)28-14-19/h3-7,19-21,23,28H,2,8-18H2,1H3/t19?,20?,21?,23?,25-,26+,27?/m0/s1. The van der Waals surface area contributed by atoms with Crippen molar-refractivity contribution in [3.63, 3.8) is 0 Å². The molecule has 162 valence electrons. The molecule has 1 aliphatic heterocycles. The lowest BCUT2D eigenvalue weighted by Crippen LogP contribution is -2.62. The van der Waals surface area contributed by atoms with Gasteiger partial charge in [0.25, 0.3) is 0 Å². The number of fused-ring (bicyclic) bond motifs is 2. The third kappa shape index (κ3) is 2.95. The van der Waals surface area contributed by atoms with Crippen LogP contribution in [0.25, 0.3) is 0 Å². The minimum absolute atomic E-state index is 0.103. The minimum Gasteiger partial charge on any atom is -0.381 e. The Hall–Kier alpha value is -1.19. The molecule has 7 rings (SSSR count). The van der Waals surface area contributed by atoms with Crippen LogP contribution in [-0.4, -0.2) is 31.6 Å². The van der Waals surface area contributed by atoms with Crippen molar-refractivity contribution in [2.75, 3.05) is 19.8 Å². The number of nitrogens with one attached hydrogen (secondary N) is 1. The van der Waals surface area contributed by atoms with Gasteiger partial charge in [-0.3, -0.25) is 4.79 Å². The smallest absolute Gasteiger partial charge is 0.139 e. The molecule has 5 saturated carbocycles. The van der Waals surface area contributed by atoms with E-state index >= 15 is 0 Å². The summed E-state index contributed by atoms with van der Waals surface area (Å²) in [5.74, 6) is 2.69. The Labute approximate surface area is 181 Å². The van der Waals surface area contributed by atoms with Crippen LogP contribution in [0.5, 0.6) is 0 Å². The van der Waals surface area contributed by atoms with Crippen LogP contribution in [-0.2, 0) is 14.9 Å². The highest BCUT2D eigenvalue weighted by atomic mass is 16.5. The first-order chi connectivity index (χ1) is 14.5. The van der Waals surface area contributed by atoms with Crippen molar-refractivity contribution in [3.05, 3.63) is 35.9 Å². The highest BCUT2D eigenvalue weighted by molar-refractivity contribution is 5.86. The zero-order chi connectivity index (χ0) is 20.4. The Morgan fingerprint density at radius 1 is 1.07 bits per heavy atom. The molecule has 1 saturated heterocycles. The summed E-state index contributed by atoms with van der Waals surface area (Å²) in [6.45, 7) is 4.91. The molecular weight excluding hydrogens is 370 g/mol. The second kappa shape index (κ2) is 6.90. The van der Waals surface area contributed by atoms with Crippen molar-refractivity contribution >= 4 is 5.78 Å². The average Bonchev–Trinajstić information content (AvgIpc) is 3.35. The number of ether oxygens (including phenoxy) is 1. The molecule has 3 nitrogen and oxygen atoms in total. The summed E-state index contributed by atoms with van der Waals surface area (Å²) in [5, 5.41) is 3.68. The van der Waals surface area contributed by atoms with Gasteiger partial charge >= 0.3 is 0 Å². The number of carbonyl (C=O) groups is 1. The van der Waals surface area contributed by atoms with Gasteiger partial charge in [0, 0.05) is 24.5 Å². The molecule has 0 amide bonds. The van der Waals surface area contributed by atoms with Crippen LogP contribution in [0.3, 0.4) is 0 Å². The third-order valence-electron chi connectivity index (χ3n) is 9.68. The van der Waals surface area contributed by atoms with E-state index < -0.39 is 0 Å². The van der Waals surface area contributed by atoms with Crippen molar-refractivity contribution in [2.24, 2.45) is 28.6 Å². The predicted molar refractivity (Wildman–Crippen MR) is 118 cm³/mol. The maximum absolute atomic E-state index is 14.0. The Bertz CT molecular complexity index is 823. The Balaban J connectivity index is 1.33.